The molecule has 0 saturated carbocycles. The molecule has 0 aromatic heterocycles. The summed E-state index contributed by atoms with van der Waals surface area (Å²) in [6, 6.07) is 0. The van der Waals surface area contributed by atoms with Crippen molar-refractivity contribution in [2.24, 2.45) is 23.7 Å². The first kappa shape index (κ1) is 100. The van der Waals surface area contributed by atoms with Gasteiger partial charge < -0.3 is 33.8 Å². The Labute approximate surface area is 626 Å². The Morgan fingerprint density at radius 2 is 0.471 bits per heavy atom. The molecule has 0 bridgehead atoms. The van der Waals surface area contributed by atoms with Crippen LogP contribution < -0.4 is 0 Å². The fourth-order valence-corrected chi connectivity index (χ4v) is 14.3. The van der Waals surface area contributed by atoms with Gasteiger partial charge in [-0.1, -0.05) is 376 Å². The SMILES string of the molecule is CCC(C)CCCCCCCCCCCCCCCCCCCCC(=O)O[C@H](COC(=O)CCCCCCCCC(C)CC)COP(=O)(O)OC[C@H](O)COP(=O)(O)OC[C@@H](COC(=O)CCCCCCCCCCCCCCCCCC(C)C)OC(=O)CCCCCCCCCCCC(C)C. The van der Waals surface area contributed by atoms with Gasteiger partial charge in [-0.25, -0.2) is 9.13 Å². The number of aliphatic hydroxyl groups excluding tert-OH is 1. The molecule has 0 amide bonds. The van der Waals surface area contributed by atoms with Crippen LogP contribution in [0.5, 0.6) is 0 Å². The zero-order valence-corrected chi connectivity index (χ0v) is 69.0. The number of phosphoric acid groups is 2. The maximum absolute atomic E-state index is 13.1. The number of phosphoric ester groups is 2. The first-order valence-corrected chi connectivity index (χ1v) is 45.8. The molecule has 0 spiro atoms. The average molecular weight is 1490 g/mol. The van der Waals surface area contributed by atoms with E-state index in [0.717, 1.165) is 120 Å². The van der Waals surface area contributed by atoms with E-state index in [4.69, 9.17) is 37.0 Å². The molecule has 4 unspecified atom stereocenters. The van der Waals surface area contributed by atoms with Crippen LogP contribution in [-0.2, 0) is 65.4 Å². The largest absolute Gasteiger partial charge is 0.472 e. The number of rotatable bonds is 80. The lowest BCUT2D eigenvalue weighted by Crippen LogP contribution is -2.30. The summed E-state index contributed by atoms with van der Waals surface area (Å²) >= 11 is 0. The van der Waals surface area contributed by atoms with E-state index in [1.54, 1.807) is 0 Å². The van der Waals surface area contributed by atoms with Gasteiger partial charge in [0.2, 0.25) is 0 Å². The van der Waals surface area contributed by atoms with E-state index in [2.05, 4.69) is 55.4 Å². The number of esters is 4. The Hall–Kier alpha value is -1.94. The third kappa shape index (κ3) is 73.6. The zero-order chi connectivity index (χ0) is 75.3. The van der Waals surface area contributed by atoms with Crippen molar-refractivity contribution in [1.82, 2.24) is 0 Å². The summed E-state index contributed by atoms with van der Waals surface area (Å²) in [7, 11) is -9.92. The molecule has 0 saturated heterocycles. The molecular weight excluding hydrogens is 1330 g/mol. The number of carbonyl (C=O) groups is 4. The van der Waals surface area contributed by atoms with Crippen molar-refractivity contribution in [2.45, 2.75) is 446 Å². The maximum atomic E-state index is 13.1. The maximum Gasteiger partial charge on any atom is 0.472 e. The normalized spacial score (nSPS) is 14.5. The second kappa shape index (κ2) is 72.0. The Morgan fingerprint density at radius 1 is 0.275 bits per heavy atom. The van der Waals surface area contributed by atoms with Crippen molar-refractivity contribution in [3.63, 3.8) is 0 Å². The first-order valence-electron chi connectivity index (χ1n) is 42.8. The standard InChI is InChI=1S/C83H162O17P2/c1-9-75(7)61-53-45-37-31-25-21-17-13-11-12-14-18-23-27-33-39-49-57-65-82(87)100-79(70-94-81(86)64-56-48-42-41-46-54-62-76(8)10-2)72-98-102(91,92)96-68-77(84)67-95-101(89,90)97-71-78(99-83(88)66-58-50-40-34-28-30-36-44-52-60-74(5)6)69-93-80(85)63-55-47-38-32-26-22-19-15-16-20-24-29-35-43-51-59-73(3)4/h73-79,84H,9-72H2,1-8H3,(H,89,90)(H,91,92)/t75?,76?,77-,78-,79-/m1/s1. The van der Waals surface area contributed by atoms with Gasteiger partial charge in [0.1, 0.15) is 19.3 Å². The molecule has 0 heterocycles. The van der Waals surface area contributed by atoms with E-state index >= 15 is 0 Å². The van der Waals surface area contributed by atoms with E-state index in [9.17, 15) is 43.2 Å². The van der Waals surface area contributed by atoms with Gasteiger partial charge in [0.15, 0.2) is 12.2 Å². The monoisotopic (exact) mass is 1490 g/mol. The summed E-state index contributed by atoms with van der Waals surface area (Å²) in [5, 5.41) is 10.6. The van der Waals surface area contributed by atoms with E-state index in [0.29, 0.717) is 25.7 Å². The minimum atomic E-state index is -4.96. The van der Waals surface area contributed by atoms with Crippen LogP contribution in [0.15, 0.2) is 0 Å². The summed E-state index contributed by atoms with van der Waals surface area (Å²) < 4.78 is 68.7. The van der Waals surface area contributed by atoms with Crippen molar-refractivity contribution >= 4 is 39.5 Å². The van der Waals surface area contributed by atoms with Crippen molar-refractivity contribution < 1.29 is 80.2 Å². The van der Waals surface area contributed by atoms with Crippen LogP contribution in [0.2, 0.25) is 0 Å². The zero-order valence-electron chi connectivity index (χ0n) is 67.2. The molecule has 3 N–H and O–H groups in total. The molecule has 0 aromatic carbocycles. The van der Waals surface area contributed by atoms with Crippen LogP contribution in [0.4, 0.5) is 0 Å². The van der Waals surface area contributed by atoms with Crippen molar-refractivity contribution in [1.29, 1.82) is 0 Å². The van der Waals surface area contributed by atoms with Crippen LogP contribution in [0.25, 0.3) is 0 Å². The second-order valence-corrected chi connectivity index (χ2v) is 34.2. The van der Waals surface area contributed by atoms with Crippen LogP contribution in [0, 0.1) is 23.7 Å². The number of unbranched alkanes of at least 4 members (excludes halogenated alkanes) is 44. The smallest absolute Gasteiger partial charge is 0.462 e. The van der Waals surface area contributed by atoms with Crippen molar-refractivity contribution in [2.75, 3.05) is 39.6 Å². The Morgan fingerprint density at radius 3 is 0.696 bits per heavy atom. The van der Waals surface area contributed by atoms with E-state index in [1.807, 2.05) is 0 Å². The summed E-state index contributed by atoms with van der Waals surface area (Å²) in [6.45, 7) is 14.3. The Bertz CT molecular complexity index is 1990. The van der Waals surface area contributed by atoms with Gasteiger partial charge >= 0.3 is 39.5 Å². The highest BCUT2D eigenvalue weighted by Gasteiger charge is 2.30. The molecule has 606 valence electrons. The van der Waals surface area contributed by atoms with Crippen molar-refractivity contribution in [3.8, 4) is 0 Å². The van der Waals surface area contributed by atoms with Gasteiger partial charge in [0, 0.05) is 25.7 Å². The highest BCUT2D eigenvalue weighted by atomic mass is 31.2. The minimum absolute atomic E-state index is 0.105. The molecule has 7 atom stereocenters. The lowest BCUT2D eigenvalue weighted by molar-refractivity contribution is -0.161. The van der Waals surface area contributed by atoms with Crippen LogP contribution in [0.1, 0.15) is 428 Å². The first-order chi connectivity index (χ1) is 49.2. The number of hydrogen-bond acceptors (Lipinski definition) is 15. The number of hydrogen-bond donors (Lipinski definition) is 3. The van der Waals surface area contributed by atoms with Gasteiger partial charge in [-0.3, -0.25) is 37.3 Å². The predicted molar refractivity (Wildman–Crippen MR) is 418 cm³/mol. The van der Waals surface area contributed by atoms with Crippen molar-refractivity contribution in [3.05, 3.63) is 0 Å². The molecule has 0 aliphatic rings. The molecule has 17 nitrogen and oxygen atoms in total. The van der Waals surface area contributed by atoms with Gasteiger partial charge in [0.05, 0.1) is 26.4 Å². The predicted octanol–water partition coefficient (Wildman–Crippen LogP) is 24.8. The van der Waals surface area contributed by atoms with Crippen LogP contribution >= 0.6 is 15.6 Å². The van der Waals surface area contributed by atoms with E-state index in [-0.39, 0.29) is 25.7 Å². The molecule has 0 aliphatic heterocycles. The summed E-state index contributed by atoms with van der Waals surface area (Å²) in [6.07, 6.45) is 59.8. The Kier molecular flexibility index (Phi) is 70.6. The molecule has 0 aliphatic carbocycles. The minimum Gasteiger partial charge on any atom is -0.462 e. The third-order valence-electron chi connectivity index (χ3n) is 20.0. The molecular formula is C83H162O17P2. The molecule has 0 fully saturated rings. The average Bonchev–Trinajstić information content (AvgIpc) is 0.907. The van der Waals surface area contributed by atoms with Gasteiger partial charge in [0.25, 0.3) is 0 Å². The number of aliphatic hydroxyl groups is 1. The van der Waals surface area contributed by atoms with Gasteiger partial charge in [-0.2, -0.15) is 0 Å². The fraction of sp³-hybridized carbons (Fsp3) is 0.952. The summed E-state index contributed by atoms with van der Waals surface area (Å²) in [5.41, 5.74) is 0. The highest BCUT2D eigenvalue weighted by molar-refractivity contribution is 7.47. The second-order valence-electron chi connectivity index (χ2n) is 31.3. The highest BCUT2D eigenvalue weighted by Crippen LogP contribution is 2.45. The van der Waals surface area contributed by atoms with Crippen LogP contribution in [-0.4, -0.2) is 96.7 Å². The fourth-order valence-electron chi connectivity index (χ4n) is 12.7. The lowest BCUT2D eigenvalue weighted by Gasteiger charge is -2.21. The quantitative estimate of drug-likeness (QED) is 0.0222. The third-order valence-corrected chi connectivity index (χ3v) is 21.9. The topological polar surface area (TPSA) is 237 Å². The molecule has 0 radical (unpaired) electrons. The van der Waals surface area contributed by atoms with Crippen LogP contribution in [0.3, 0.4) is 0 Å². The Balaban J connectivity index is 5.17. The number of carbonyl (C=O) groups excluding carboxylic acids is 4. The van der Waals surface area contributed by atoms with Gasteiger partial charge in [-0.05, 0) is 49.4 Å². The molecule has 0 rings (SSSR count). The van der Waals surface area contributed by atoms with Gasteiger partial charge in [-0.15, -0.1) is 0 Å². The van der Waals surface area contributed by atoms with E-state index in [1.165, 1.54) is 225 Å². The van der Waals surface area contributed by atoms with E-state index < -0.39 is 97.5 Å². The number of ether oxygens (including phenoxy) is 4. The summed E-state index contributed by atoms with van der Waals surface area (Å²) in [5.74, 6) is 1.03. The lowest BCUT2D eigenvalue weighted by atomic mass is 9.99. The molecule has 102 heavy (non-hydrogen) atoms. The molecule has 19 heteroatoms. The summed E-state index contributed by atoms with van der Waals surface area (Å²) in [4.78, 5) is 73.0. The molecule has 0 aromatic rings.